The number of hydrogen-bond donors (Lipinski definition) is 1. The Bertz CT molecular complexity index is 554. The van der Waals surface area contributed by atoms with Crippen molar-refractivity contribution in [1.82, 2.24) is 0 Å². The molecule has 3 heteroatoms. The molecule has 100 valence electrons. The number of anilines is 1. The summed E-state index contributed by atoms with van der Waals surface area (Å²) in [5.41, 5.74) is 3.60. The van der Waals surface area contributed by atoms with Crippen LogP contribution < -0.4 is 10.1 Å². The molecule has 0 aromatic heterocycles. The maximum atomic E-state index is 5.51. The number of aryl methyl sites for hydroxylation is 1. The number of benzene rings is 2. The van der Waals surface area contributed by atoms with Gasteiger partial charge in [-0.05, 0) is 49.2 Å². The first-order valence-electron chi connectivity index (χ1n) is 6.41. The van der Waals surface area contributed by atoms with Crippen LogP contribution in [0.1, 0.15) is 18.1 Å². The molecule has 0 bridgehead atoms. The van der Waals surface area contributed by atoms with Crippen molar-refractivity contribution in [1.29, 1.82) is 0 Å². The van der Waals surface area contributed by atoms with Crippen LogP contribution in [0.3, 0.4) is 0 Å². The summed E-state index contributed by atoms with van der Waals surface area (Å²) >= 11 is 3.49. The van der Waals surface area contributed by atoms with Gasteiger partial charge in [0.05, 0.1) is 6.61 Å². The van der Waals surface area contributed by atoms with Crippen LogP contribution in [-0.2, 0) is 6.54 Å². The third kappa shape index (κ3) is 4.00. The SMILES string of the molecule is CCOc1cccc(CNc2cc(Br)ccc2C)c1. The van der Waals surface area contributed by atoms with E-state index in [2.05, 4.69) is 58.5 Å². The molecule has 0 aliphatic rings. The summed E-state index contributed by atoms with van der Waals surface area (Å²) in [5.74, 6) is 0.924. The monoisotopic (exact) mass is 319 g/mol. The Labute approximate surface area is 122 Å². The molecule has 0 spiro atoms. The van der Waals surface area contributed by atoms with Crippen LogP contribution in [0.2, 0.25) is 0 Å². The van der Waals surface area contributed by atoms with Gasteiger partial charge in [-0.3, -0.25) is 0 Å². The first-order valence-corrected chi connectivity index (χ1v) is 7.20. The molecule has 0 saturated carbocycles. The summed E-state index contributed by atoms with van der Waals surface area (Å²) in [6.07, 6.45) is 0. The molecule has 0 heterocycles. The molecule has 0 atom stereocenters. The van der Waals surface area contributed by atoms with Crippen LogP contribution in [0.5, 0.6) is 5.75 Å². The number of ether oxygens (including phenoxy) is 1. The molecule has 0 saturated heterocycles. The van der Waals surface area contributed by atoms with Gasteiger partial charge in [0.2, 0.25) is 0 Å². The standard InChI is InChI=1S/C16H18BrNO/c1-3-19-15-6-4-5-13(9-15)11-18-16-10-14(17)8-7-12(16)2/h4-10,18H,3,11H2,1-2H3. The van der Waals surface area contributed by atoms with Crippen LogP contribution in [0.15, 0.2) is 46.9 Å². The fourth-order valence-corrected chi connectivity index (χ4v) is 2.25. The molecule has 1 N–H and O–H groups in total. The van der Waals surface area contributed by atoms with Gasteiger partial charge >= 0.3 is 0 Å². The zero-order valence-corrected chi connectivity index (χ0v) is 12.8. The zero-order valence-electron chi connectivity index (χ0n) is 11.2. The number of halogens is 1. The van der Waals surface area contributed by atoms with Gasteiger partial charge in [0.1, 0.15) is 5.75 Å². The van der Waals surface area contributed by atoms with E-state index in [1.807, 2.05) is 19.1 Å². The summed E-state index contributed by atoms with van der Waals surface area (Å²) in [7, 11) is 0. The summed E-state index contributed by atoms with van der Waals surface area (Å²) in [4.78, 5) is 0. The Hall–Kier alpha value is -1.48. The smallest absolute Gasteiger partial charge is 0.119 e. The molecule has 0 aliphatic carbocycles. The molecular weight excluding hydrogens is 302 g/mol. The van der Waals surface area contributed by atoms with Crippen LogP contribution in [0, 0.1) is 6.92 Å². The van der Waals surface area contributed by atoms with Crippen molar-refractivity contribution >= 4 is 21.6 Å². The molecule has 0 aliphatic heterocycles. The van der Waals surface area contributed by atoms with Gasteiger partial charge in [-0.2, -0.15) is 0 Å². The Morgan fingerprint density at radius 3 is 2.79 bits per heavy atom. The van der Waals surface area contributed by atoms with E-state index in [4.69, 9.17) is 4.74 Å². The van der Waals surface area contributed by atoms with Gasteiger partial charge in [-0.25, -0.2) is 0 Å². The number of hydrogen-bond acceptors (Lipinski definition) is 2. The minimum atomic E-state index is 0.696. The summed E-state index contributed by atoms with van der Waals surface area (Å²) in [6.45, 7) is 5.58. The van der Waals surface area contributed by atoms with E-state index in [9.17, 15) is 0 Å². The molecule has 2 rings (SSSR count). The van der Waals surface area contributed by atoms with Crippen molar-refractivity contribution in [2.75, 3.05) is 11.9 Å². The third-order valence-corrected chi connectivity index (χ3v) is 3.39. The van der Waals surface area contributed by atoms with Gasteiger partial charge < -0.3 is 10.1 Å². The van der Waals surface area contributed by atoms with Crippen molar-refractivity contribution in [3.05, 3.63) is 58.1 Å². The fraction of sp³-hybridized carbons (Fsp3) is 0.250. The number of rotatable bonds is 5. The van der Waals surface area contributed by atoms with E-state index in [1.54, 1.807) is 0 Å². The van der Waals surface area contributed by atoms with Gasteiger partial charge in [-0.1, -0.05) is 34.1 Å². The highest BCUT2D eigenvalue weighted by molar-refractivity contribution is 9.10. The molecule has 2 aromatic rings. The van der Waals surface area contributed by atoms with E-state index >= 15 is 0 Å². The highest BCUT2D eigenvalue weighted by Crippen LogP contribution is 2.22. The lowest BCUT2D eigenvalue weighted by Gasteiger charge is -2.11. The predicted octanol–water partition coefficient (Wildman–Crippen LogP) is 4.77. The van der Waals surface area contributed by atoms with Gasteiger partial charge in [-0.15, -0.1) is 0 Å². The largest absolute Gasteiger partial charge is 0.494 e. The minimum absolute atomic E-state index is 0.696. The normalized spacial score (nSPS) is 10.3. The van der Waals surface area contributed by atoms with Crippen molar-refractivity contribution in [2.24, 2.45) is 0 Å². The summed E-state index contributed by atoms with van der Waals surface area (Å²) in [6, 6.07) is 14.4. The van der Waals surface area contributed by atoms with Crippen molar-refractivity contribution in [2.45, 2.75) is 20.4 Å². The second kappa shape index (κ2) is 6.62. The predicted molar refractivity (Wildman–Crippen MR) is 83.8 cm³/mol. The van der Waals surface area contributed by atoms with Crippen LogP contribution >= 0.6 is 15.9 Å². The first-order chi connectivity index (χ1) is 9.19. The molecule has 0 fully saturated rings. The van der Waals surface area contributed by atoms with Gasteiger partial charge in [0, 0.05) is 16.7 Å². The molecule has 0 amide bonds. The summed E-state index contributed by atoms with van der Waals surface area (Å²) < 4.78 is 6.59. The first kappa shape index (κ1) is 13.9. The van der Waals surface area contributed by atoms with E-state index in [0.29, 0.717) is 6.61 Å². The molecule has 2 nitrogen and oxygen atoms in total. The second-order valence-electron chi connectivity index (χ2n) is 4.39. The van der Waals surface area contributed by atoms with E-state index in [-0.39, 0.29) is 0 Å². The molecule has 0 radical (unpaired) electrons. The van der Waals surface area contributed by atoms with Crippen LogP contribution in [0.4, 0.5) is 5.69 Å². The maximum Gasteiger partial charge on any atom is 0.119 e. The Morgan fingerprint density at radius 2 is 2.00 bits per heavy atom. The van der Waals surface area contributed by atoms with Crippen LogP contribution in [0.25, 0.3) is 0 Å². The topological polar surface area (TPSA) is 21.3 Å². The average molecular weight is 320 g/mol. The van der Waals surface area contributed by atoms with Crippen LogP contribution in [-0.4, -0.2) is 6.61 Å². The van der Waals surface area contributed by atoms with Crippen molar-refractivity contribution in [3.8, 4) is 5.75 Å². The Kier molecular flexibility index (Phi) is 4.86. The quantitative estimate of drug-likeness (QED) is 0.857. The lowest BCUT2D eigenvalue weighted by Crippen LogP contribution is -2.01. The Morgan fingerprint density at radius 1 is 1.16 bits per heavy atom. The summed E-state index contributed by atoms with van der Waals surface area (Å²) in [5, 5.41) is 3.45. The Balaban J connectivity index is 2.05. The lowest BCUT2D eigenvalue weighted by atomic mass is 10.1. The van der Waals surface area contributed by atoms with E-state index < -0.39 is 0 Å². The van der Waals surface area contributed by atoms with Gasteiger partial charge in [0.15, 0.2) is 0 Å². The third-order valence-electron chi connectivity index (χ3n) is 2.89. The average Bonchev–Trinajstić information content (AvgIpc) is 2.41. The second-order valence-corrected chi connectivity index (χ2v) is 5.31. The minimum Gasteiger partial charge on any atom is -0.494 e. The van der Waals surface area contributed by atoms with E-state index in [1.165, 1.54) is 11.1 Å². The molecular formula is C16H18BrNO. The van der Waals surface area contributed by atoms with Gasteiger partial charge in [0.25, 0.3) is 0 Å². The molecule has 19 heavy (non-hydrogen) atoms. The lowest BCUT2D eigenvalue weighted by molar-refractivity contribution is 0.340. The zero-order chi connectivity index (χ0) is 13.7. The fourth-order valence-electron chi connectivity index (χ4n) is 1.89. The molecule has 2 aromatic carbocycles. The van der Waals surface area contributed by atoms with Crippen molar-refractivity contribution < 1.29 is 4.74 Å². The van der Waals surface area contributed by atoms with E-state index in [0.717, 1.165) is 22.5 Å². The highest BCUT2D eigenvalue weighted by atomic mass is 79.9. The maximum absolute atomic E-state index is 5.51. The van der Waals surface area contributed by atoms with Crippen molar-refractivity contribution in [3.63, 3.8) is 0 Å². The highest BCUT2D eigenvalue weighted by Gasteiger charge is 2.00. The number of nitrogens with one attached hydrogen (secondary N) is 1. The molecule has 0 unspecified atom stereocenters.